The van der Waals surface area contributed by atoms with Crippen molar-refractivity contribution in [3.05, 3.63) is 81.7 Å². The molecule has 244 valence electrons. The van der Waals surface area contributed by atoms with Gasteiger partial charge >= 0.3 is 30.9 Å². The summed E-state index contributed by atoms with van der Waals surface area (Å²) in [6, 6.07) is 11.2. The van der Waals surface area contributed by atoms with Crippen molar-refractivity contribution in [2.24, 2.45) is 0 Å². The van der Waals surface area contributed by atoms with E-state index in [2.05, 4.69) is 14.9 Å². The SMILES string of the molecule is FC(F)(F)c1c(Oc2nnc(-c3cccs3)c3cc4ccccc4cc23)c(C(F)(F)F)c(C(F)(F)F)c(C(F)(F)F)c1C(F)(F)F. The van der Waals surface area contributed by atoms with Crippen LogP contribution in [0, 0.1) is 0 Å². The first-order valence-electron chi connectivity index (χ1n) is 12.0. The zero-order valence-electron chi connectivity index (χ0n) is 21.6. The molecule has 0 aliphatic carbocycles. The van der Waals surface area contributed by atoms with Crippen LogP contribution in [-0.4, -0.2) is 10.2 Å². The summed E-state index contributed by atoms with van der Waals surface area (Å²) in [4.78, 5) is 0.319. The summed E-state index contributed by atoms with van der Waals surface area (Å²) in [5.74, 6) is -4.71. The molecule has 3 aromatic carbocycles. The number of ether oxygens (including phenoxy) is 1. The lowest BCUT2D eigenvalue weighted by Gasteiger charge is -2.30. The fourth-order valence-electron chi connectivity index (χ4n) is 4.80. The van der Waals surface area contributed by atoms with Crippen LogP contribution in [0.2, 0.25) is 0 Å². The van der Waals surface area contributed by atoms with Crippen LogP contribution >= 0.6 is 11.3 Å². The Hall–Kier alpha value is -4.29. The van der Waals surface area contributed by atoms with Gasteiger partial charge < -0.3 is 4.74 Å². The summed E-state index contributed by atoms with van der Waals surface area (Å²) in [5, 5.41) is 8.53. The van der Waals surface area contributed by atoms with Gasteiger partial charge in [-0.2, -0.15) is 65.9 Å². The van der Waals surface area contributed by atoms with E-state index in [0.717, 1.165) is 17.4 Å². The number of halogens is 15. The molecule has 0 aliphatic heterocycles. The molecule has 5 rings (SSSR count). The van der Waals surface area contributed by atoms with Gasteiger partial charge in [-0.1, -0.05) is 30.3 Å². The maximum atomic E-state index is 14.2. The number of hydrogen-bond donors (Lipinski definition) is 0. The minimum atomic E-state index is -7.03. The molecule has 19 heteroatoms. The average Bonchev–Trinajstić information content (AvgIpc) is 3.43. The van der Waals surface area contributed by atoms with E-state index >= 15 is 0 Å². The average molecular weight is 694 g/mol. The van der Waals surface area contributed by atoms with E-state index in [1.807, 2.05) is 0 Å². The van der Waals surface area contributed by atoms with E-state index in [1.165, 1.54) is 42.5 Å². The summed E-state index contributed by atoms with van der Waals surface area (Å²) in [5.41, 5.74) is -20.1. The van der Waals surface area contributed by atoms with Gasteiger partial charge in [0.05, 0.1) is 21.6 Å². The molecule has 0 spiro atoms. The van der Waals surface area contributed by atoms with Crippen molar-refractivity contribution in [3.63, 3.8) is 0 Å². The minimum Gasteiger partial charge on any atom is -0.436 e. The highest BCUT2D eigenvalue weighted by Gasteiger charge is 2.61. The van der Waals surface area contributed by atoms with E-state index in [4.69, 9.17) is 0 Å². The molecule has 0 N–H and O–H groups in total. The molecule has 0 saturated heterocycles. The van der Waals surface area contributed by atoms with E-state index in [9.17, 15) is 65.9 Å². The Labute approximate surface area is 248 Å². The highest BCUT2D eigenvalue weighted by Crippen LogP contribution is 2.59. The molecule has 0 aliphatic rings. The first-order valence-corrected chi connectivity index (χ1v) is 12.9. The van der Waals surface area contributed by atoms with Crippen molar-refractivity contribution in [2.75, 3.05) is 0 Å². The number of hydrogen-bond acceptors (Lipinski definition) is 4. The summed E-state index contributed by atoms with van der Waals surface area (Å²) >= 11 is 1.03. The van der Waals surface area contributed by atoms with Crippen LogP contribution < -0.4 is 4.74 Å². The predicted octanol–water partition coefficient (Wildman–Crippen LogP) is 11.4. The van der Waals surface area contributed by atoms with E-state index in [-0.39, 0.29) is 16.5 Å². The Balaban J connectivity index is 2.00. The van der Waals surface area contributed by atoms with Gasteiger partial charge in [-0.3, -0.25) is 0 Å². The highest BCUT2D eigenvalue weighted by molar-refractivity contribution is 7.13. The second kappa shape index (κ2) is 10.6. The standard InChI is InChI=1S/C27H9F15N2OS/c28-23(29,30)15-16(24(31,32)33)18(26(37,38)39)21(19(27(40,41)42)17(15)25(34,35)36)45-22-13-9-11-5-2-1-4-10(11)8-12(13)20(43-44-22)14-6-3-7-46-14/h1-9H. The third-order valence-corrected chi connectivity index (χ3v) is 7.31. The largest absolute Gasteiger partial charge is 0.436 e. The van der Waals surface area contributed by atoms with Crippen molar-refractivity contribution in [3.8, 4) is 22.2 Å². The van der Waals surface area contributed by atoms with Gasteiger partial charge in [0.25, 0.3) is 0 Å². The molecule has 0 saturated carbocycles. The fraction of sp³-hybridized carbons (Fsp3) is 0.185. The molecule has 5 aromatic rings. The first kappa shape index (κ1) is 33.1. The van der Waals surface area contributed by atoms with Gasteiger partial charge in [-0.25, -0.2) is 0 Å². The second-order valence-electron chi connectivity index (χ2n) is 9.37. The zero-order chi connectivity index (χ0) is 34.2. The molecule has 0 atom stereocenters. The van der Waals surface area contributed by atoms with Crippen LogP contribution in [0.5, 0.6) is 11.6 Å². The molecule has 0 fully saturated rings. The quantitative estimate of drug-likeness (QED) is 0.139. The molecule has 0 radical (unpaired) electrons. The lowest BCUT2D eigenvalue weighted by Crippen LogP contribution is -2.31. The predicted molar refractivity (Wildman–Crippen MR) is 132 cm³/mol. The van der Waals surface area contributed by atoms with Gasteiger partial charge in [-0.15, -0.1) is 21.5 Å². The topological polar surface area (TPSA) is 35.0 Å². The number of nitrogens with zero attached hydrogens (tertiary/aromatic N) is 2. The van der Waals surface area contributed by atoms with Gasteiger partial charge in [-0.05, 0) is 34.4 Å². The molecule has 0 bridgehead atoms. The lowest BCUT2D eigenvalue weighted by atomic mass is 9.88. The molecular formula is C27H9F15N2OS. The first-order chi connectivity index (χ1) is 21.0. The van der Waals surface area contributed by atoms with Crippen LogP contribution in [0.3, 0.4) is 0 Å². The second-order valence-corrected chi connectivity index (χ2v) is 10.3. The van der Waals surface area contributed by atoms with E-state index in [0.29, 0.717) is 10.3 Å². The maximum Gasteiger partial charge on any atom is 0.420 e. The molecule has 46 heavy (non-hydrogen) atoms. The van der Waals surface area contributed by atoms with Crippen LogP contribution in [0.1, 0.15) is 27.8 Å². The van der Waals surface area contributed by atoms with Crippen LogP contribution in [0.25, 0.3) is 32.1 Å². The van der Waals surface area contributed by atoms with Crippen molar-refractivity contribution < 1.29 is 70.6 Å². The van der Waals surface area contributed by atoms with Gasteiger partial charge in [0, 0.05) is 10.8 Å². The van der Waals surface area contributed by atoms with Crippen molar-refractivity contribution >= 4 is 32.9 Å². The molecule has 3 nitrogen and oxygen atoms in total. The third-order valence-electron chi connectivity index (χ3n) is 6.44. The van der Waals surface area contributed by atoms with Crippen LogP contribution in [0.15, 0.2) is 53.9 Å². The number of thiophene rings is 1. The fourth-order valence-corrected chi connectivity index (χ4v) is 5.53. The third kappa shape index (κ3) is 5.87. The zero-order valence-corrected chi connectivity index (χ0v) is 22.4. The number of alkyl halides is 15. The molecule has 0 unspecified atom stereocenters. The van der Waals surface area contributed by atoms with Gasteiger partial charge in [0.2, 0.25) is 5.88 Å². The smallest absolute Gasteiger partial charge is 0.420 e. The summed E-state index contributed by atoms with van der Waals surface area (Å²) in [6.07, 6.45) is -34.5. The molecule has 0 amide bonds. The Kier molecular flexibility index (Phi) is 7.65. The van der Waals surface area contributed by atoms with Crippen LogP contribution in [0.4, 0.5) is 65.9 Å². The Morgan fingerprint density at radius 3 is 1.35 bits per heavy atom. The normalized spacial score (nSPS) is 13.5. The maximum absolute atomic E-state index is 14.2. The van der Waals surface area contributed by atoms with E-state index in [1.54, 1.807) is 5.38 Å². The van der Waals surface area contributed by atoms with E-state index < -0.39 is 75.7 Å². The van der Waals surface area contributed by atoms with Crippen molar-refractivity contribution in [1.82, 2.24) is 10.2 Å². The summed E-state index contributed by atoms with van der Waals surface area (Å²) in [7, 11) is 0. The number of benzene rings is 3. The minimum absolute atomic E-state index is 0.0606. The molecular weight excluding hydrogens is 685 g/mol. The number of aromatic nitrogens is 2. The monoisotopic (exact) mass is 694 g/mol. The van der Waals surface area contributed by atoms with Gasteiger partial charge in [0.15, 0.2) is 5.75 Å². The molecule has 2 heterocycles. The summed E-state index contributed by atoms with van der Waals surface area (Å²) < 4.78 is 215. The highest BCUT2D eigenvalue weighted by atomic mass is 32.1. The lowest BCUT2D eigenvalue weighted by molar-refractivity contribution is -0.189. The number of fused-ring (bicyclic) bond motifs is 2. The van der Waals surface area contributed by atoms with Crippen molar-refractivity contribution in [2.45, 2.75) is 30.9 Å². The molecule has 2 aromatic heterocycles. The van der Waals surface area contributed by atoms with Gasteiger partial charge in [0.1, 0.15) is 16.8 Å². The summed E-state index contributed by atoms with van der Waals surface area (Å²) in [6.45, 7) is 0. The van der Waals surface area contributed by atoms with Crippen molar-refractivity contribution in [1.29, 1.82) is 0 Å². The Morgan fingerprint density at radius 1 is 0.500 bits per heavy atom. The number of rotatable bonds is 3. The Bertz CT molecular complexity index is 1900. The Morgan fingerprint density at radius 2 is 0.935 bits per heavy atom. The van der Waals surface area contributed by atoms with Crippen LogP contribution in [-0.2, 0) is 30.9 Å².